The Hall–Kier alpha value is -2.29. The van der Waals surface area contributed by atoms with Crippen molar-refractivity contribution in [1.82, 2.24) is 0 Å². The van der Waals surface area contributed by atoms with Gasteiger partial charge in [0.15, 0.2) is 0 Å². The molecule has 0 amide bonds. The molecule has 2 aromatic carbocycles. The zero-order valence-corrected chi connectivity index (χ0v) is 14.2. The summed E-state index contributed by atoms with van der Waals surface area (Å²) in [7, 11) is 1.75. The van der Waals surface area contributed by atoms with Crippen molar-refractivity contribution in [2.75, 3.05) is 18.6 Å². The maximum atomic E-state index is 5.47. The number of nitrogens with zero attached hydrogens (tertiary/aromatic N) is 2. The molecule has 0 N–H and O–H groups in total. The van der Waals surface area contributed by atoms with Gasteiger partial charge in [0.05, 0.1) is 18.2 Å². The van der Waals surface area contributed by atoms with Gasteiger partial charge in [0.2, 0.25) is 0 Å². The van der Waals surface area contributed by atoms with Crippen LogP contribution in [-0.4, -0.2) is 25.4 Å². The van der Waals surface area contributed by atoms with Crippen LogP contribution in [0.3, 0.4) is 0 Å². The molecule has 3 aliphatic rings. The first-order chi connectivity index (χ1) is 11.7. The highest BCUT2D eigenvalue weighted by Gasteiger charge is 2.54. The normalized spacial score (nSPS) is 26.8. The van der Waals surface area contributed by atoms with Gasteiger partial charge < -0.3 is 9.64 Å². The third-order valence-electron chi connectivity index (χ3n) is 6.21. The van der Waals surface area contributed by atoms with Crippen molar-refractivity contribution in [2.45, 2.75) is 37.6 Å². The van der Waals surface area contributed by atoms with Crippen LogP contribution in [0.4, 0.5) is 11.4 Å². The number of hydrogen-bond acceptors (Lipinski definition) is 3. The average Bonchev–Trinajstić information content (AvgIpc) is 3.20. The van der Waals surface area contributed by atoms with E-state index in [0.29, 0.717) is 6.04 Å². The molecule has 3 heterocycles. The number of fused-ring (bicyclic) bond motifs is 6. The van der Waals surface area contributed by atoms with Crippen molar-refractivity contribution in [1.29, 1.82) is 0 Å². The predicted octanol–water partition coefficient (Wildman–Crippen LogP) is 4.26. The number of hydrogen-bond donors (Lipinski definition) is 0. The summed E-state index contributed by atoms with van der Waals surface area (Å²) in [5, 5.41) is 0. The summed E-state index contributed by atoms with van der Waals surface area (Å²) >= 11 is 0. The molecule has 1 saturated heterocycles. The van der Waals surface area contributed by atoms with Crippen LogP contribution < -0.4 is 9.64 Å². The Morgan fingerprint density at radius 1 is 1.21 bits per heavy atom. The van der Waals surface area contributed by atoms with Gasteiger partial charge in [-0.3, -0.25) is 4.99 Å². The summed E-state index contributed by atoms with van der Waals surface area (Å²) < 4.78 is 5.47. The van der Waals surface area contributed by atoms with Crippen molar-refractivity contribution in [3.05, 3.63) is 53.6 Å². The van der Waals surface area contributed by atoms with E-state index in [9.17, 15) is 0 Å². The molecule has 24 heavy (non-hydrogen) atoms. The summed E-state index contributed by atoms with van der Waals surface area (Å²) in [5.41, 5.74) is 6.68. The summed E-state index contributed by atoms with van der Waals surface area (Å²) in [4.78, 5) is 7.57. The highest BCUT2D eigenvalue weighted by molar-refractivity contribution is 6.02. The third kappa shape index (κ3) is 1.65. The largest absolute Gasteiger partial charge is 0.497 e. The Labute approximate surface area is 143 Å². The molecule has 0 saturated carbocycles. The van der Waals surface area contributed by atoms with Crippen molar-refractivity contribution in [3.8, 4) is 5.75 Å². The molecule has 1 fully saturated rings. The van der Waals surface area contributed by atoms with Crippen molar-refractivity contribution in [2.24, 2.45) is 4.99 Å². The molecule has 3 heteroatoms. The van der Waals surface area contributed by atoms with Crippen LogP contribution in [0.15, 0.2) is 47.5 Å². The van der Waals surface area contributed by atoms with E-state index in [4.69, 9.17) is 9.73 Å². The van der Waals surface area contributed by atoms with E-state index in [1.54, 1.807) is 7.11 Å². The van der Waals surface area contributed by atoms with Gasteiger partial charge in [-0.15, -0.1) is 0 Å². The Balaban J connectivity index is 1.73. The monoisotopic (exact) mass is 318 g/mol. The lowest BCUT2D eigenvalue weighted by Gasteiger charge is -2.47. The fraction of sp³-hybridized carbons (Fsp3) is 0.381. The Bertz CT molecular complexity index is 857. The number of anilines is 1. The number of aliphatic imine (C=N–C) groups is 1. The number of methoxy groups -OCH3 is 1. The van der Waals surface area contributed by atoms with Crippen LogP contribution in [-0.2, 0) is 11.8 Å². The first-order valence-corrected chi connectivity index (χ1v) is 8.83. The highest BCUT2D eigenvalue weighted by atomic mass is 16.5. The molecule has 3 aliphatic heterocycles. The molecule has 5 rings (SSSR count). The van der Waals surface area contributed by atoms with Crippen LogP contribution in [0.25, 0.3) is 0 Å². The van der Waals surface area contributed by atoms with Crippen LogP contribution in [0.1, 0.15) is 30.9 Å². The molecule has 2 atom stereocenters. The van der Waals surface area contributed by atoms with Crippen molar-refractivity contribution in [3.63, 3.8) is 0 Å². The quantitative estimate of drug-likeness (QED) is 0.784. The van der Waals surface area contributed by atoms with Crippen molar-refractivity contribution < 1.29 is 4.74 Å². The molecule has 0 aliphatic carbocycles. The van der Waals surface area contributed by atoms with Crippen LogP contribution in [0.5, 0.6) is 5.75 Å². The minimum atomic E-state index is 0.0364. The molecule has 122 valence electrons. The van der Waals surface area contributed by atoms with E-state index in [1.807, 2.05) is 0 Å². The molecular weight excluding hydrogens is 296 g/mol. The summed E-state index contributed by atoms with van der Waals surface area (Å²) in [6.45, 7) is 3.35. The van der Waals surface area contributed by atoms with Gasteiger partial charge in [-0.05, 0) is 49.4 Å². The lowest BCUT2D eigenvalue weighted by atomic mass is 9.65. The summed E-state index contributed by atoms with van der Waals surface area (Å²) in [6, 6.07) is 15.8. The Morgan fingerprint density at radius 3 is 2.96 bits per heavy atom. The van der Waals surface area contributed by atoms with Gasteiger partial charge in [0, 0.05) is 30.1 Å². The van der Waals surface area contributed by atoms with E-state index in [0.717, 1.165) is 18.7 Å². The molecule has 0 aromatic heterocycles. The second kappa shape index (κ2) is 4.85. The molecule has 2 aromatic rings. The maximum absolute atomic E-state index is 5.47. The molecule has 0 bridgehead atoms. The second-order valence-electron chi connectivity index (χ2n) is 7.21. The number of para-hydroxylation sites is 1. The Morgan fingerprint density at radius 2 is 2.08 bits per heavy atom. The molecule has 3 nitrogen and oxygen atoms in total. The number of ether oxygens (including phenoxy) is 1. The SMILES string of the molecule is COc1ccc2c(c1)N1CCC[C@@H]1[C@]1(C2)C(C)=Nc2ccccc21. The van der Waals surface area contributed by atoms with E-state index in [2.05, 4.69) is 54.3 Å². The van der Waals surface area contributed by atoms with E-state index < -0.39 is 0 Å². The average molecular weight is 318 g/mol. The maximum Gasteiger partial charge on any atom is 0.120 e. The third-order valence-corrected chi connectivity index (χ3v) is 6.21. The number of rotatable bonds is 1. The zero-order valence-electron chi connectivity index (χ0n) is 14.2. The van der Waals surface area contributed by atoms with Crippen LogP contribution in [0, 0.1) is 0 Å². The lowest BCUT2D eigenvalue weighted by Crippen LogP contribution is -2.55. The summed E-state index contributed by atoms with van der Waals surface area (Å²) in [5.74, 6) is 0.951. The minimum Gasteiger partial charge on any atom is -0.497 e. The van der Waals surface area contributed by atoms with Gasteiger partial charge in [-0.25, -0.2) is 0 Å². The fourth-order valence-corrected chi connectivity index (χ4v) is 5.14. The highest BCUT2D eigenvalue weighted by Crippen LogP contribution is 2.53. The molecule has 0 unspecified atom stereocenters. The first kappa shape index (κ1) is 14.1. The predicted molar refractivity (Wildman–Crippen MR) is 98.0 cm³/mol. The molecule has 0 radical (unpaired) electrons. The number of benzene rings is 2. The minimum absolute atomic E-state index is 0.0364. The van der Waals surface area contributed by atoms with Crippen LogP contribution >= 0.6 is 0 Å². The van der Waals surface area contributed by atoms with Gasteiger partial charge in [-0.1, -0.05) is 24.3 Å². The smallest absolute Gasteiger partial charge is 0.120 e. The standard InChI is InChI=1S/C21H22N2O/c1-14-21(17-6-3-4-7-18(17)22-14)13-15-9-10-16(24-2)12-19(15)23-11-5-8-20(21)23/h3-4,6-7,9-10,12,20H,5,8,11,13H2,1-2H3/t20-,21-/m1/s1. The lowest BCUT2D eigenvalue weighted by molar-refractivity contribution is 0.409. The molecule has 1 spiro atoms. The summed E-state index contributed by atoms with van der Waals surface area (Å²) in [6.07, 6.45) is 3.52. The van der Waals surface area contributed by atoms with Gasteiger partial charge in [-0.2, -0.15) is 0 Å². The van der Waals surface area contributed by atoms with E-state index >= 15 is 0 Å². The van der Waals surface area contributed by atoms with Gasteiger partial charge in [0.1, 0.15) is 5.75 Å². The zero-order chi connectivity index (χ0) is 16.3. The van der Waals surface area contributed by atoms with Crippen LogP contribution in [0.2, 0.25) is 0 Å². The Kier molecular flexibility index (Phi) is 2.85. The molecular formula is C21H22N2O. The fourth-order valence-electron chi connectivity index (χ4n) is 5.14. The first-order valence-electron chi connectivity index (χ1n) is 8.83. The second-order valence-corrected chi connectivity index (χ2v) is 7.21. The van der Waals surface area contributed by atoms with E-state index in [1.165, 1.54) is 41.1 Å². The van der Waals surface area contributed by atoms with Crippen molar-refractivity contribution >= 4 is 17.1 Å². The van der Waals surface area contributed by atoms with Gasteiger partial charge >= 0.3 is 0 Å². The topological polar surface area (TPSA) is 24.8 Å². The van der Waals surface area contributed by atoms with Gasteiger partial charge in [0.25, 0.3) is 0 Å². The van der Waals surface area contributed by atoms with E-state index in [-0.39, 0.29) is 5.41 Å².